The van der Waals surface area contributed by atoms with Crippen molar-refractivity contribution in [2.45, 2.75) is 6.54 Å². The molecule has 84 valence electrons. The molecule has 0 atom stereocenters. The molecule has 0 unspecified atom stereocenters. The Labute approximate surface area is 107 Å². The normalized spacial score (nSPS) is 9.38. The van der Waals surface area contributed by atoms with Crippen LogP contribution in [0.1, 0.15) is 5.56 Å². The largest absolute Gasteiger partial charge is 0.465 e. The van der Waals surface area contributed by atoms with Crippen LogP contribution in [0.2, 0.25) is 10.0 Å². The summed E-state index contributed by atoms with van der Waals surface area (Å²) >= 11 is 16.3. The van der Waals surface area contributed by atoms with E-state index >= 15 is 0 Å². The van der Waals surface area contributed by atoms with Crippen molar-refractivity contribution < 1.29 is 9.90 Å². The summed E-state index contributed by atoms with van der Waals surface area (Å²) in [5, 5.41) is 13.4. The van der Waals surface area contributed by atoms with Crippen LogP contribution in [0.3, 0.4) is 0 Å². The summed E-state index contributed by atoms with van der Waals surface area (Å²) in [4.78, 5) is 14.0. The van der Waals surface area contributed by atoms with E-state index in [9.17, 15) is 4.79 Å². The van der Waals surface area contributed by atoms with Crippen LogP contribution in [0.25, 0.3) is 0 Å². The highest BCUT2D eigenvalue weighted by Gasteiger charge is 2.10. The van der Waals surface area contributed by atoms with E-state index in [1.54, 1.807) is 12.1 Å². The van der Waals surface area contributed by atoms with Gasteiger partial charge in [0.25, 0.3) is 0 Å². The van der Waals surface area contributed by atoms with Gasteiger partial charge in [-0.1, -0.05) is 29.3 Å². The summed E-state index contributed by atoms with van der Waals surface area (Å²) < 4.78 is 0. The van der Waals surface area contributed by atoms with Gasteiger partial charge in [0.2, 0.25) is 0 Å². The Balaban J connectivity index is 3.08. The average Bonchev–Trinajstić information content (AvgIpc) is 2.23. The van der Waals surface area contributed by atoms with E-state index in [1.807, 2.05) is 0 Å². The fraction of sp³-hybridized carbons (Fsp3) is 0.111. The van der Waals surface area contributed by atoms with E-state index in [1.165, 1.54) is 0 Å². The monoisotopic (exact) mass is 276 g/mol. The van der Waals surface area contributed by atoms with Crippen LogP contribution in [-0.4, -0.2) is 16.4 Å². The third-order valence-electron chi connectivity index (χ3n) is 1.73. The standard InChI is InChI=1S/C9H6Cl2N2O2S/c10-6-2-1-5(3-12-9(14)15)7(11)8(6)13-4-16/h1-2,12H,3H2,(H,14,15). The van der Waals surface area contributed by atoms with E-state index in [0.29, 0.717) is 16.3 Å². The van der Waals surface area contributed by atoms with Gasteiger partial charge in [-0.2, -0.15) is 4.99 Å². The zero-order valence-electron chi connectivity index (χ0n) is 7.83. The minimum Gasteiger partial charge on any atom is -0.465 e. The van der Waals surface area contributed by atoms with Gasteiger partial charge < -0.3 is 10.4 Å². The van der Waals surface area contributed by atoms with Crippen LogP contribution in [0, 0.1) is 0 Å². The lowest BCUT2D eigenvalue weighted by Crippen LogP contribution is -2.20. The third-order valence-corrected chi connectivity index (χ3v) is 2.55. The van der Waals surface area contributed by atoms with Crippen molar-refractivity contribution in [3.8, 4) is 0 Å². The number of halogens is 2. The number of nitrogens with one attached hydrogen (secondary N) is 1. The molecule has 2 N–H and O–H groups in total. The number of hydrogen-bond acceptors (Lipinski definition) is 3. The van der Waals surface area contributed by atoms with E-state index in [0.717, 1.165) is 0 Å². The fourth-order valence-electron chi connectivity index (χ4n) is 1.04. The highest BCUT2D eigenvalue weighted by molar-refractivity contribution is 7.78. The Hall–Kier alpha value is -1.13. The van der Waals surface area contributed by atoms with Gasteiger partial charge in [-0.25, -0.2) is 4.79 Å². The molecule has 1 aromatic carbocycles. The molecule has 0 saturated heterocycles. The van der Waals surface area contributed by atoms with Crippen molar-refractivity contribution in [2.75, 3.05) is 0 Å². The van der Waals surface area contributed by atoms with Crippen LogP contribution in [0.5, 0.6) is 0 Å². The summed E-state index contributed by atoms with van der Waals surface area (Å²) in [6, 6.07) is 3.18. The number of aliphatic imine (C=N–C) groups is 1. The minimum absolute atomic E-state index is 0.0747. The summed E-state index contributed by atoms with van der Waals surface area (Å²) in [6.07, 6.45) is -1.13. The topological polar surface area (TPSA) is 61.7 Å². The Morgan fingerprint density at radius 2 is 2.25 bits per heavy atom. The van der Waals surface area contributed by atoms with E-state index in [4.69, 9.17) is 28.3 Å². The predicted octanol–water partition coefficient (Wildman–Crippen LogP) is 3.50. The molecule has 0 spiro atoms. The Morgan fingerprint density at radius 3 is 2.81 bits per heavy atom. The van der Waals surface area contributed by atoms with Crippen molar-refractivity contribution in [3.63, 3.8) is 0 Å². The minimum atomic E-state index is -1.13. The molecule has 1 rings (SSSR count). The number of isothiocyanates is 1. The smallest absolute Gasteiger partial charge is 0.404 e. The first-order chi connectivity index (χ1) is 7.56. The number of benzene rings is 1. The Morgan fingerprint density at radius 1 is 1.56 bits per heavy atom. The molecule has 0 aliphatic carbocycles. The maximum Gasteiger partial charge on any atom is 0.404 e. The first-order valence-corrected chi connectivity index (χ1v) is 5.24. The molecule has 7 heteroatoms. The number of carbonyl (C=O) groups is 1. The van der Waals surface area contributed by atoms with Gasteiger partial charge in [0.05, 0.1) is 15.2 Å². The van der Waals surface area contributed by atoms with Gasteiger partial charge in [-0.15, -0.1) is 0 Å². The maximum atomic E-state index is 10.3. The van der Waals surface area contributed by atoms with Crippen LogP contribution in [-0.2, 0) is 6.54 Å². The van der Waals surface area contributed by atoms with Crippen LogP contribution in [0.4, 0.5) is 10.5 Å². The molecule has 0 aliphatic rings. The molecule has 0 radical (unpaired) electrons. The molecule has 16 heavy (non-hydrogen) atoms. The highest BCUT2D eigenvalue weighted by Crippen LogP contribution is 2.35. The third kappa shape index (κ3) is 3.18. The Kier molecular flexibility index (Phi) is 4.71. The Bertz CT molecular complexity index is 473. The molecule has 0 heterocycles. The molecule has 0 aromatic heterocycles. The van der Waals surface area contributed by atoms with E-state index < -0.39 is 6.09 Å². The lowest BCUT2D eigenvalue weighted by Gasteiger charge is -2.07. The summed E-state index contributed by atoms with van der Waals surface area (Å²) in [5.74, 6) is 0. The first kappa shape index (κ1) is 12.9. The van der Waals surface area contributed by atoms with Gasteiger partial charge >= 0.3 is 6.09 Å². The SMILES string of the molecule is O=C(O)NCc1ccc(Cl)c(N=C=S)c1Cl. The molecule has 1 amide bonds. The van der Waals surface area contributed by atoms with Gasteiger partial charge in [0.1, 0.15) is 5.69 Å². The van der Waals surface area contributed by atoms with Crippen molar-refractivity contribution in [2.24, 2.45) is 4.99 Å². The number of rotatable bonds is 3. The summed E-state index contributed by atoms with van der Waals surface area (Å²) in [5.41, 5.74) is 0.862. The van der Waals surface area contributed by atoms with Crippen molar-refractivity contribution in [1.82, 2.24) is 5.32 Å². The van der Waals surface area contributed by atoms with Crippen molar-refractivity contribution in [1.29, 1.82) is 0 Å². The zero-order chi connectivity index (χ0) is 12.1. The second-order valence-electron chi connectivity index (χ2n) is 2.73. The fourth-order valence-corrected chi connectivity index (χ4v) is 1.65. The van der Waals surface area contributed by atoms with Gasteiger partial charge in [-0.3, -0.25) is 0 Å². The number of hydrogen-bond donors (Lipinski definition) is 2. The highest BCUT2D eigenvalue weighted by atomic mass is 35.5. The molecule has 0 saturated carbocycles. The molecule has 4 nitrogen and oxygen atoms in total. The lowest BCUT2D eigenvalue weighted by atomic mass is 10.2. The number of thiocarbonyl (C=S) groups is 1. The van der Waals surface area contributed by atoms with E-state index in [-0.39, 0.29) is 11.6 Å². The number of amides is 1. The molecule has 0 fully saturated rings. The lowest BCUT2D eigenvalue weighted by molar-refractivity contribution is 0.194. The molecule has 0 aliphatic heterocycles. The van der Waals surface area contributed by atoms with Crippen LogP contribution < -0.4 is 5.32 Å². The number of nitrogens with zero attached hydrogens (tertiary/aromatic N) is 1. The van der Waals surface area contributed by atoms with Gasteiger partial charge in [0.15, 0.2) is 0 Å². The second kappa shape index (κ2) is 5.82. The number of carboxylic acid groups (broad SMARTS) is 1. The first-order valence-electron chi connectivity index (χ1n) is 4.07. The second-order valence-corrected chi connectivity index (χ2v) is 3.70. The summed E-state index contributed by atoms with van der Waals surface area (Å²) in [6.45, 7) is 0.0747. The van der Waals surface area contributed by atoms with Crippen molar-refractivity contribution in [3.05, 3.63) is 27.7 Å². The van der Waals surface area contributed by atoms with Crippen LogP contribution >= 0.6 is 35.4 Å². The van der Waals surface area contributed by atoms with Gasteiger partial charge in [-0.05, 0) is 23.8 Å². The quantitative estimate of drug-likeness (QED) is 0.656. The average molecular weight is 277 g/mol. The zero-order valence-corrected chi connectivity index (χ0v) is 10.2. The molecule has 0 bridgehead atoms. The van der Waals surface area contributed by atoms with Crippen LogP contribution in [0.15, 0.2) is 17.1 Å². The van der Waals surface area contributed by atoms with Gasteiger partial charge in [0, 0.05) is 6.54 Å². The molecular weight excluding hydrogens is 271 g/mol. The van der Waals surface area contributed by atoms with Crippen molar-refractivity contribution >= 4 is 52.4 Å². The summed E-state index contributed by atoms with van der Waals surface area (Å²) in [7, 11) is 0. The predicted molar refractivity (Wildman–Crippen MR) is 66.0 cm³/mol. The molecular formula is C9H6Cl2N2O2S. The molecule has 1 aromatic rings. The maximum absolute atomic E-state index is 10.3. The van der Waals surface area contributed by atoms with E-state index in [2.05, 4.69) is 27.7 Å².